The van der Waals surface area contributed by atoms with Crippen LogP contribution in [0.4, 0.5) is 0 Å². The first-order valence-electron chi connectivity index (χ1n) is 3.36. The van der Waals surface area contributed by atoms with Crippen molar-refractivity contribution in [2.75, 3.05) is 5.33 Å². The van der Waals surface area contributed by atoms with Gasteiger partial charge in [0.1, 0.15) is 0 Å². The molecule has 0 fully saturated rings. The average Bonchev–Trinajstić information content (AvgIpc) is 2.26. The molecule has 0 saturated carbocycles. The van der Waals surface area contributed by atoms with Crippen molar-refractivity contribution in [2.45, 2.75) is 12.8 Å². The largest absolute Gasteiger partial charge is 0.289 e. The quantitative estimate of drug-likeness (QED) is 0.561. The van der Waals surface area contributed by atoms with Crippen molar-refractivity contribution in [3.8, 4) is 0 Å². The van der Waals surface area contributed by atoms with Gasteiger partial charge >= 0.3 is 0 Å². The molecule has 0 aromatic heterocycles. The van der Waals surface area contributed by atoms with Gasteiger partial charge in [-0.15, -0.1) is 0 Å². The Hall–Kier alpha value is -0.640. The number of nitrogens with one attached hydrogen (secondary N) is 1. The van der Waals surface area contributed by atoms with Crippen LogP contribution in [-0.2, 0) is 9.59 Å². The second kappa shape index (κ2) is 3.67. The topological polar surface area (TPSA) is 46.2 Å². The molecule has 11 heavy (non-hydrogen) atoms. The molecule has 0 spiro atoms. The summed E-state index contributed by atoms with van der Waals surface area (Å²) in [7, 11) is 0. The highest BCUT2D eigenvalue weighted by Gasteiger charge is 2.19. The predicted octanol–water partition coefficient (Wildman–Crippen LogP) is 0.744. The van der Waals surface area contributed by atoms with E-state index in [1.165, 1.54) is 6.08 Å². The summed E-state index contributed by atoms with van der Waals surface area (Å²) in [6, 6.07) is 0. The summed E-state index contributed by atoms with van der Waals surface area (Å²) in [5, 5.41) is 3.04. The van der Waals surface area contributed by atoms with Gasteiger partial charge in [-0.25, -0.2) is 0 Å². The minimum absolute atomic E-state index is 0.240. The average molecular weight is 218 g/mol. The maximum Gasteiger partial charge on any atom is 0.254 e. The number of hydrogen-bond donors (Lipinski definition) is 1. The number of rotatable bonds is 3. The van der Waals surface area contributed by atoms with Crippen LogP contribution in [0.5, 0.6) is 0 Å². The highest BCUT2D eigenvalue weighted by molar-refractivity contribution is 9.09. The lowest BCUT2D eigenvalue weighted by Gasteiger charge is -1.94. The lowest BCUT2D eigenvalue weighted by molar-refractivity contribution is -0.123. The Morgan fingerprint density at radius 2 is 2.18 bits per heavy atom. The molecular formula is C7H8BrNO2. The first-order chi connectivity index (χ1) is 5.24. The van der Waals surface area contributed by atoms with Crippen molar-refractivity contribution in [3.05, 3.63) is 11.6 Å². The fourth-order valence-electron chi connectivity index (χ4n) is 0.895. The minimum Gasteiger partial charge on any atom is -0.289 e. The van der Waals surface area contributed by atoms with Gasteiger partial charge in [0.05, 0.1) is 0 Å². The molecular weight excluding hydrogens is 210 g/mol. The Morgan fingerprint density at radius 3 is 2.64 bits per heavy atom. The highest BCUT2D eigenvalue weighted by atomic mass is 79.9. The van der Waals surface area contributed by atoms with Crippen LogP contribution in [-0.4, -0.2) is 17.1 Å². The normalized spacial score (nSPS) is 16.6. The van der Waals surface area contributed by atoms with Crippen molar-refractivity contribution in [2.24, 2.45) is 0 Å². The second-order valence-electron chi connectivity index (χ2n) is 2.28. The number of halogens is 1. The zero-order valence-electron chi connectivity index (χ0n) is 5.89. The number of imide groups is 1. The van der Waals surface area contributed by atoms with E-state index in [9.17, 15) is 9.59 Å². The fraction of sp³-hybridized carbons (Fsp3) is 0.429. The van der Waals surface area contributed by atoms with Crippen molar-refractivity contribution < 1.29 is 9.59 Å². The molecule has 1 aliphatic heterocycles. The molecule has 4 heteroatoms. The Morgan fingerprint density at radius 1 is 1.45 bits per heavy atom. The van der Waals surface area contributed by atoms with E-state index in [0.29, 0.717) is 12.0 Å². The van der Waals surface area contributed by atoms with E-state index in [0.717, 1.165) is 11.8 Å². The van der Waals surface area contributed by atoms with Gasteiger partial charge in [0, 0.05) is 17.0 Å². The summed E-state index contributed by atoms with van der Waals surface area (Å²) in [6.07, 6.45) is 2.92. The Kier molecular flexibility index (Phi) is 2.82. The summed E-state index contributed by atoms with van der Waals surface area (Å²) in [5.41, 5.74) is 0.592. The first kappa shape index (κ1) is 8.46. The SMILES string of the molecule is O=C1C=C(CCCBr)C(=O)N1. The van der Waals surface area contributed by atoms with E-state index >= 15 is 0 Å². The van der Waals surface area contributed by atoms with E-state index < -0.39 is 0 Å². The van der Waals surface area contributed by atoms with Gasteiger partial charge in [0.25, 0.3) is 11.8 Å². The van der Waals surface area contributed by atoms with Gasteiger partial charge < -0.3 is 0 Å². The van der Waals surface area contributed by atoms with Crippen LogP contribution in [0.15, 0.2) is 11.6 Å². The standard InChI is InChI=1S/C7H8BrNO2/c8-3-1-2-5-4-6(10)9-7(5)11/h4H,1-3H2,(H,9,10,11). The molecule has 1 heterocycles. The number of amides is 2. The highest BCUT2D eigenvalue weighted by Crippen LogP contribution is 2.10. The third kappa shape index (κ3) is 2.15. The monoisotopic (exact) mass is 217 g/mol. The van der Waals surface area contributed by atoms with E-state index in [2.05, 4.69) is 21.2 Å². The third-order valence-corrected chi connectivity index (χ3v) is 1.97. The van der Waals surface area contributed by atoms with E-state index in [4.69, 9.17) is 0 Å². The van der Waals surface area contributed by atoms with Gasteiger partial charge in [-0.05, 0) is 12.8 Å². The number of hydrogen-bond acceptors (Lipinski definition) is 2. The van der Waals surface area contributed by atoms with Crippen LogP contribution in [0.3, 0.4) is 0 Å². The predicted molar refractivity (Wildman–Crippen MR) is 44.3 cm³/mol. The summed E-state index contributed by atoms with van der Waals surface area (Å²) < 4.78 is 0. The van der Waals surface area contributed by atoms with Crippen LogP contribution in [0.1, 0.15) is 12.8 Å². The summed E-state index contributed by atoms with van der Waals surface area (Å²) >= 11 is 3.25. The Balaban J connectivity index is 2.50. The minimum atomic E-state index is -0.292. The second-order valence-corrected chi connectivity index (χ2v) is 3.07. The summed E-state index contributed by atoms with van der Waals surface area (Å²) in [5.74, 6) is -0.532. The lowest BCUT2D eigenvalue weighted by atomic mass is 10.1. The molecule has 0 aliphatic carbocycles. The molecule has 0 unspecified atom stereocenters. The summed E-state index contributed by atoms with van der Waals surface area (Å²) in [6.45, 7) is 0. The van der Waals surface area contributed by atoms with Crippen LogP contribution < -0.4 is 5.32 Å². The van der Waals surface area contributed by atoms with Gasteiger partial charge in [-0.1, -0.05) is 15.9 Å². The van der Waals surface area contributed by atoms with Gasteiger partial charge in [-0.3, -0.25) is 14.9 Å². The van der Waals surface area contributed by atoms with Crippen LogP contribution >= 0.6 is 15.9 Å². The van der Waals surface area contributed by atoms with E-state index in [1.54, 1.807) is 0 Å². The summed E-state index contributed by atoms with van der Waals surface area (Å²) in [4.78, 5) is 21.5. The zero-order chi connectivity index (χ0) is 8.27. The van der Waals surface area contributed by atoms with Crippen molar-refractivity contribution in [3.63, 3.8) is 0 Å². The molecule has 0 atom stereocenters. The Labute approximate surface area is 73.0 Å². The molecule has 0 aromatic carbocycles. The third-order valence-electron chi connectivity index (χ3n) is 1.41. The maximum absolute atomic E-state index is 10.9. The van der Waals surface area contributed by atoms with E-state index in [-0.39, 0.29) is 11.8 Å². The molecule has 2 amide bonds. The van der Waals surface area contributed by atoms with Crippen molar-refractivity contribution >= 4 is 27.7 Å². The van der Waals surface area contributed by atoms with Crippen LogP contribution in [0.25, 0.3) is 0 Å². The first-order valence-corrected chi connectivity index (χ1v) is 4.48. The van der Waals surface area contributed by atoms with Gasteiger partial charge in [-0.2, -0.15) is 0 Å². The van der Waals surface area contributed by atoms with Crippen LogP contribution in [0.2, 0.25) is 0 Å². The fourth-order valence-corrected chi connectivity index (χ4v) is 1.18. The van der Waals surface area contributed by atoms with Crippen LogP contribution in [0, 0.1) is 0 Å². The van der Waals surface area contributed by atoms with Crippen molar-refractivity contribution in [1.29, 1.82) is 0 Å². The molecule has 0 aromatic rings. The molecule has 1 N–H and O–H groups in total. The molecule has 1 aliphatic rings. The lowest BCUT2D eigenvalue weighted by Crippen LogP contribution is -2.22. The molecule has 3 nitrogen and oxygen atoms in total. The van der Waals surface area contributed by atoms with Gasteiger partial charge in [0.2, 0.25) is 0 Å². The van der Waals surface area contributed by atoms with Gasteiger partial charge in [0.15, 0.2) is 0 Å². The number of carbonyl (C=O) groups is 2. The molecule has 1 rings (SSSR count). The molecule has 0 bridgehead atoms. The van der Waals surface area contributed by atoms with Crippen molar-refractivity contribution in [1.82, 2.24) is 5.32 Å². The maximum atomic E-state index is 10.9. The molecule has 0 radical (unpaired) electrons. The zero-order valence-corrected chi connectivity index (χ0v) is 7.48. The number of alkyl halides is 1. The smallest absolute Gasteiger partial charge is 0.254 e. The Bertz CT molecular complexity index is 222. The number of carbonyl (C=O) groups excluding carboxylic acids is 2. The van der Waals surface area contributed by atoms with E-state index in [1.807, 2.05) is 0 Å². The molecule has 60 valence electrons. The molecule has 0 saturated heterocycles.